The molecule has 0 spiro atoms. The Hall–Kier alpha value is -2.03. The number of sulfonamides is 1. The van der Waals surface area contributed by atoms with Crippen molar-refractivity contribution in [1.82, 2.24) is 4.57 Å². The molecular formula is C20H13Cl3N2O3S2. The van der Waals surface area contributed by atoms with Gasteiger partial charge in [0.05, 0.1) is 37.4 Å². The van der Waals surface area contributed by atoms with Crippen LogP contribution in [0.15, 0.2) is 70.4 Å². The van der Waals surface area contributed by atoms with Crippen LogP contribution < -0.4 is 9.60 Å². The minimum atomic E-state index is -3.87. The molecule has 1 aromatic heterocycles. The van der Waals surface area contributed by atoms with Crippen molar-refractivity contribution in [2.75, 3.05) is 4.72 Å². The van der Waals surface area contributed by atoms with E-state index in [0.717, 1.165) is 16.9 Å². The molecule has 5 nitrogen and oxygen atoms in total. The largest absolute Gasteiger partial charge is 0.308 e. The summed E-state index contributed by atoms with van der Waals surface area (Å²) in [6, 6.07) is 16.3. The van der Waals surface area contributed by atoms with Crippen molar-refractivity contribution < 1.29 is 8.42 Å². The molecule has 30 heavy (non-hydrogen) atoms. The summed E-state index contributed by atoms with van der Waals surface area (Å²) in [7, 11) is -3.87. The van der Waals surface area contributed by atoms with Crippen LogP contribution in [0.5, 0.6) is 0 Å². The minimum absolute atomic E-state index is 0.0426. The van der Waals surface area contributed by atoms with E-state index in [1.807, 2.05) is 12.1 Å². The van der Waals surface area contributed by atoms with E-state index in [1.165, 1.54) is 30.3 Å². The van der Waals surface area contributed by atoms with Crippen molar-refractivity contribution in [3.63, 3.8) is 0 Å². The fraction of sp³-hybridized carbons (Fsp3) is 0.0500. The highest BCUT2D eigenvalue weighted by Gasteiger charge is 2.18. The lowest BCUT2D eigenvalue weighted by Crippen LogP contribution is -2.14. The second-order valence-electron chi connectivity index (χ2n) is 6.44. The van der Waals surface area contributed by atoms with Crippen LogP contribution in [0.3, 0.4) is 0 Å². The predicted octanol–water partition coefficient (Wildman–Crippen LogP) is 5.87. The van der Waals surface area contributed by atoms with Gasteiger partial charge in [-0.1, -0.05) is 58.3 Å². The van der Waals surface area contributed by atoms with Gasteiger partial charge in [-0.25, -0.2) is 8.42 Å². The van der Waals surface area contributed by atoms with Crippen molar-refractivity contribution in [2.24, 2.45) is 0 Å². The highest BCUT2D eigenvalue weighted by Crippen LogP contribution is 2.28. The summed E-state index contributed by atoms with van der Waals surface area (Å²) >= 11 is 18.7. The monoisotopic (exact) mass is 498 g/mol. The fourth-order valence-electron chi connectivity index (χ4n) is 2.91. The van der Waals surface area contributed by atoms with Crippen LogP contribution in [0.25, 0.3) is 10.2 Å². The zero-order chi connectivity index (χ0) is 21.5. The molecule has 0 saturated carbocycles. The van der Waals surface area contributed by atoms with Gasteiger partial charge in [-0.3, -0.25) is 14.1 Å². The number of rotatable bonds is 5. The topological polar surface area (TPSA) is 68.2 Å². The molecule has 154 valence electrons. The average Bonchev–Trinajstić information content (AvgIpc) is 3.01. The predicted molar refractivity (Wildman–Crippen MR) is 124 cm³/mol. The molecule has 0 radical (unpaired) electrons. The molecule has 3 aromatic carbocycles. The van der Waals surface area contributed by atoms with Crippen molar-refractivity contribution in [1.29, 1.82) is 0 Å². The maximum Gasteiger partial charge on any atom is 0.308 e. The highest BCUT2D eigenvalue weighted by atomic mass is 35.5. The Kier molecular flexibility index (Phi) is 5.83. The molecule has 4 rings (SSSR count). The first kappa shape index (κ1) is 21.2. The second-order valence-corrected chi connectivity index (χ2v) is 10.4. The Labute approximate surface area is 191 Å². The lowest BCUT2D eigenvalue weighted by atomic mass is 10.2. The fourth-order valence-corrected chi connectivity index (χ4v) is 5.41. The van der Waals surface area contributed by atoms with E-state index in [-0.39, 0.29) is 20.5 Å². The van der Waals surface area contributed by atoms with Crippen LogP contribution in [-0.2, 0) is 16.6 Å². The molecule has 1 N–H and O–H groups in total. The van der Waals surface area contributed by atoms with Gasteiger partial charge in [0.15, 0.2) is 0 Å². The Morgan fingerprint density at radius 2 is 1.63 bits per heavy atom. The van der Waals surface area contributed by atoms with Crippen LogP contribution in [0.1, 0.15) is 5.56 Å². The van der Waals surface area contributed by atoms with E-state index in [4.69, 9.17) is 34.8 Å². The third kappa shape index (κ3) is 4.36. The molecule has 0 amide bonds. The molecule has 0 atom stereocenters. The zero-order valence-electron chi connectivity index (χ0n) is 15.1. The standard InChI is InChI=1S/C20H13Cl3N2O3S2/c21-13-3-1-12(2-4-13)11-25-18-8-6-15(10-19(18)29-20(25)26)30(27,28)24-14-5-7-16(22)17(23)9-14/h1-10,24H,11H2. The Morgan fingerprint density at radius 1 is 0.900 bits per heavy atom. The van der Waals surface area contributed by atoms with Crippen LogP contribution >= 0.6 is 46.1 Å². The maximum absolute atomic E-state index is 12.8. The second kappa shape index (κ2) is 8.24. The summed E-state index contributed by atoms with van der Waals surface area (Å²) < 4.78 is 30.2. The summed E-state index contributed by atoms with van der Waals surface area (Å²) in [5.74, 6) is 0. The van der Waals surface area contributed by atoms with Crippen molar-refractivity contribution in [2.45, 2.75) is 11.4 Å². The van der Waals surface area contributed by atoms with Gasteiger partial charge in [-0.05, 0) is 54.1 Å². The van der Waals surface area contributed by atoms with Crippen molar-refractivity contribution in [3.05, 3.63) is 91.0 Å². The van der Waals surface area contributed by atoms with E-state index in [9.17, 15) is 13.2 Å². The van der Waals surface area contributed by atoms with Gasteiger partial charge in [0.1, 0.15) is 0 Å². The maximum atomic E-state index is 12.8. The number of nitrogens with one attached hydrogen (secondary N) is 1. The number of benzene rings is 3. The molecular weight excluding hydrogens is 487 g/mol. The summed E-state index contributed by atoms with van der Waals surface area (Å²) in [5.41, 5.74) is 1.87. The summed E-state index contributed by atoms with van der Waals surface area (Å²) in [6.45, 7) is 0.365. The Balaban J connectivity index is 1.67. The molecule has 0 aliphatic rings. The molecule has 4 aromatic rings. The first-order chi connectivity index (χ1) is 14.2. The molecule has 0 aliphatic carbocycles. The number of thiazole rings is 1. The number of halogens is 3. The summed E-state index contributed by atoms with van der Waals surface area (Å²) in [6.07, 6.45) is 0. The van der Waals surface area contributed by atoms with Crippen LogP contribution in [0, 0.1) is 0 Å². The first-order valence-corrected chi connectivity index (χ1v) is 12.0. The van der Waals surface area contributed by atoms with Crippen LogP contribution in [0.2, 0.25) is 15.1 Å². The third-order valence-corrected chi connectivity index (χ3v) is 7.69. The molecule has 0 bridgehead atoms. The van der Waals surface area contributed by atoms with E-state index >= 15 is 0 Å². The summed E-state index contributed by atoms with van der Waals surface area (Å²) in [5, 5.41) is 1.18. The number of fused-ring (bicyclic) bond motifs is 1. The van der Waals surface area contributed by atoms with Crippen molar-refractivity contribution in [3.8, 4) is 0 Å². The van der Waals surface area contributed by atoms with Gasteiger partial charge in [0, 0.05) is 5.02 Å². The van der Waals surface area contributed by atoms with Gasteiger partial charge < -0.3 is 0 Å². The lowest BCUT2D eigenvalue weighted by molar-refractivity contribution is 0.601. The molecule has 0 fully saturated rings. The molecule has 1 heterocycles. The van der Waals surface area contributed by atoms with E-state index < -0.39 is 10.0 Å². The smallest absolute Gasteiger partial charge is 0.294 e. The van der Waals surface area contributed by atoms with Crippen LogP contribution in [0.4, 0.5) is 5.69 Å². The van der Waals surface area contributed by atoms with Crippen molar-refractivity contribution >= 4 is 72.1 Å². The number of hydrogen-bond donors (Lipinski definition) is 1. The summed E-state index contributed by atoms with van der Waals surface area (Å²) in [4.78, 5) is 12.4. The minimum Gasteiger partial charge on any atom is -0.294 e. The van der Waals surface area contributed by atoms with Gasteiger partial charge in [-0.2, -0.15) is 0 Å². The molecule has 0 aliphatic heterocycles. The average molecular weight is 500 g/mol. The number of nitrogens with zero attached hydrogens (tertiary/aromatic N) is 1. The Morgan fingerprint density at radius 3 is 2.33 bits per heavy atom. The van der Waals surface area contributed by atoms with Gasteiger partial charge in [0.25, 0.3) is 10.0 Å². The van der Waals surface area contributed by atoms with Crippen LogP contribution in [-0.4, -0.2) is 13.0 Å². The molecule has 10 heteroatoms. The molecule has 0 unspecified atom stereocenters. The van der Waals surface area contributed by atoms with Gasteiger partial charge >= 0.3 is 4.87 Å². The number of anilines is 1. The normalized spacial score (nSPS) is 11.7. The van der Waals surface area contributed by atoms with E-state index in [0.29, 0.717) is 26.8 Å². The zero-order valence-corrected chi connectivity index (χ0v) is 19.0. The third-order valence-electron chi connectivity index (χ3n) is 4.38. The molecule has 0 saturated heterocycles. The number of hydrogen-bond acceptors (Lipinski definition) is 4. The van der Waals surface area contributed by atoms with Gasteiger partial charge in [-0.15, -0.1) is 0 Å². The highest BCUT2D eigenvalue weighted by molar-refractivity contribution is 7.92. The quantitative estimate of drug-likeness (QED) is 0.373. The first-order valence-electron chi connectivity index (χ1n) is 8.59. The SMILES string of the molecule is O=c1sc2cc(S(=O)(=O)Nc3ccc(Cl)c(Cl)c3)ccc2n1Cc1ccc(Cl)cc1. The number of aromatic nitrogens is 1. The van der Waals surface area contributed by atoms with E-state index in [1.54, 1.807) is 22.8 Å². The lowest BCUT2D eigenvalue weighted by Gasteiger charge is -2.09. The Bertz CT molecular complexity index is 1410. The van der Waals surface area contributed by atoms with Gasteiger partial charge in [0.2, 0.25) is 0 Å². The van der Waals surface area contributed by atoms with E-state index in [2.05, 4.69) is 4.72 Å².